The fraction of sp³-hybridized carbons (Fsp3) is 0.548. The van der Waals surface area contributed by atoms with Crippen molar-refractivity contribution in [2.24, 2.45) is 11.8 Å². The number of hydrogen-bond donors (Lipinski definition) is 3. The molecule has 1 saturated heterocycles. The number of pyridine rings is 1. The minimum atomic E-state index is -0.874. The van der Waals surface area contributed by atoms with Crippen molar-refractivity contribution in [3.63, 3.8) is 0 Å². The number of nitrogens with zero attached hydrogens (tertiary/aromatic N) is 2. The maximum Gasteiger partial charge on any atom is 0.328 e. The van der Waals surface area contributed by atoms with Crippen molar-refractivity contribution in [3.05, 3.63) is 42.1 Å². The van der Waals surface area contributed by atoms with E-state index in [1.165, 1.54) is 12.0 Å². The van der Waals surface area contributed by atoms with Gasteiger partial charge in [-0.25, -0.2) is 9.59 Å². The van der Waals surface area contributed by atoms with Crippen molar-refractivity contribution in [1.29, 1.82) is 0 Å². The van der Waals surface area contributed by atoms with E-state index in [9.17, 15) is 24.0 Å². The van der Waals surface area contributed by atoms with Gasteiger partial charge >= 0.3 is 12.0 Å². The number of urea groups is 1. The first-order chi connectivity index (χ1) is 19.9. The number of Topliss-reactive ketones (excluding diaryl/α,β-unsaturated/α-hetero) is 1. The highest BCUT2D eigenvalue weighted by Crippen LogP contribution is 2.19. The second-order valence-electron chi connectivity index (χ2n) is 11.8. The molecule has 11 nitrogen and oxygen atoms in total. The minimum Gasteiger partial charge on any atom is -0.467 e. The maximum atomic E-state index is 13.5. The van der Waals surface area contributed by atoms with Crippen molar-refractivity contribution in [2.45, 2.75) is 84.5 Å². The summed E-state index contributed by atoms with van der Waals surface area (Å²) in [7, 11) is 1.26. The Morgan fingerprint density at radius 1 is 0.976 bits per heavy atom. The molecule has 0 saturated carbocycles. The van der Waals surface area contributed by atoms with Crippen LogP contribution in [0.4, 0.5) is 4.79 Å². The molecule has 0 spiro atoms. The number of esters is 1. The third kappa shape index (κ3) is 8.50. The Kier molecular flexibility index (Phi) is 11.4. The number of hydrogen-bond acceptors (Lipinski definition) is 7. The van der Waals surface area contributed by atoms with Gasteiger partial charge in [0, 0.05) is 17.6 Å². The van der Waals surface area contributed by atoms with Crippen LogP contribution in [0.15, 0.2) is 36.5 Å². The number of methoxy groups -OCH3 is 1. The van der Waals surface area contributed by atoms with E-state index in [2.05, 4.69) is 20.9 Å². The lowest BCUT2D eigenvalue weighted by atomic mass is 10.0. The summed E-state index contributed by atoms with van der Waals surface area (Å²) in [5.74, 6) is -1.54. The predicted molar refractivity (Wildman–Crippen MR) is 159 cm³/mol. The zero-order valence-corrected chi connectivity index (χ0v) is 25.3. The molecule has 2 heterocycles. The number of fused-ring (bicyclic) bond motifs is 1. The van der Waals surface area contributed by atoms with Crippen LogP contribution in [0.1, 0.15) is 70.7 Å². The minimum absolute atomic E-state index is 0.0873. The number of carbonyl (C=O) groups excluding carboxylic acids is 5. The van der Waals surface area contributed by atoms with Gasteiger partial charge in [-0.3, -0.25) is 19.4 Å². The van der Waals surface area contributed by atoms with E-state index < -0.39 is 41.9 Å². The third-order valence-electron chi connectivity index (χ3n) is 7.39. The van der Waals surface area contributed by atoms with Crippen LogP contribution in [-0.4, -0.2) is 77.3 Å². The van der Waals surface area contributed by atoms with Gasteiger partial charge in [0.2, 0.25) is 5.91 Å². The van der Waals surface area contributed by atoms with Crippen molar-refractivity contribution >= 4 is 40.5 Å². The summed E-state index contributed by atoms with van der Waals surface area (Å²) >= 11 is 0. The Morgan fingerprint density at radius 3 is 2.31 bits per heavy atom. The molecule has 11 heteroatoms. The van der Waals surface area contributed by atoms with Gasteiger partial charge in [0.05, 0.1) is 30.8 Å². The molecule has 228 valence electrons. The smallest absolute Gasteiger partial charge is 0.328 e. The summed E-state index contributed by atoms with van der Waals surface area (Å²) in [4.78, 5) is 71.1. The number of likely N-dealkylation sites (tertiary alicyclic amines) is 1. The molecule has 1 aliphatic heterocycles. The Hall–Kier alpha value is -4.02. The van der Waals surface area contributed by atoms with E-state index in [0.29, 0.717) is 36.8 Å². The monoisotopic (exact) mass is 581 g/mol. The highest BCUT2D eigenvalue weighted by atomic mass is 16.5. The van der Waals surface area contributed by atoms with E-state index in [-0.39, 0.29) is 30.2 Å². The number of aromatic nitrogens is 1. The summed E-state index contributed by atoms with van der Waals surface area (Å²) < 4.78 is 4.84. The van der Waals surface area contributed by atoms with E-state index in [1.807, 2.05) is 46.8 Å². The second kappa shape index (κ2) is 14.7. The first-order valence-corrected chi connectivity index (χ1v) is 14.5. The van der Waals surface area contributed by atoms with Crippen molar-refractivity contribution in [2.75, 3.05) is 13.7 Å². The summed E-state index contributed by atoms with van der Waals surface area (Å²) in [6.45, 7) is 9.36. The standard InChI is InChI=1S/C31H43N5O6/c1-18(2)15-24(34-28(38)22-11-7-9-21-10-8-14-32-27(21)22)29(39)33-23-13-12-20(5)36(17-26(23)37)31(41)35-25(16-19(3)4)30(40)42-6/h7-11,14,18-20,23-25H,12-13,15-17H2,1-6H3,(H,33,39)(H,34,38)(H,35,41). The Morgan fingerprint density at radius 2 is 1.64 bits per heavy atom. The Bertz CT molecular complexity index is 1290. The van der Waals surface area contributed by atoms with Crippen LogP contribution < -0.4 is 16.0 Å². The lowest BCUT2D eigenvalue weighted by molar-refractivity contribution is -0.143. The van der Waals surface area contributed by atoms with Gasteiger partial charge in [0.1, 0.15) is 12.1 Å². The number of amides is 4. The largest absolute Gasteiger partial charge is 0.467 e. The molecule has 42 heavy (non-hydrogen) atoms. The molecular formula is C31H43N5O6. The first kappa shape index (κ1) is 32.5. The van der Waals surface area contributed by atoms with Crippen LogP contribution in [0.5, 0.6) is 0 Å². The van der Waals surface area contributed by atoms with E-state index in [1.54, 1.807) is 24.4 Å². The molecule has 4 amide bonds. The first-order valence-electron chi connectivity index (χ1n) is 14.5. The van der Waals surface area contributed by atoms with Gasteiger partial charge in [-0.05, 0) is 56.6 Å². The lowest BCUT2D eigenvalue weighted by Gasteiger charge is -2.29. The molecule has 1 aromatic carbocycles. The maximum absolute atomic E-state index is 13.5. The zero-order valence-electron chi connectivity index (χ0n) is 25.3. The van der Waals surface area contributed by atoms with Gasteiger partial charge in [-0.2, -0.15) is 0 Å². The van der Waals surface area contributed by atoms with Crippen LogP contribution in [0, 0.1) is 11.8 Å². The highest BCUT2D eigenvalue weighted by molar-refractivity contribution is 6.07. The SMILES string of the molecule is COC(=O)C(CC(C)C)NC(=O)N1CC(=O)C(NC(=O)C(CC(C)C)NC(=O)c2cccc3cccnc23)CCC1C. The molecule has 0 aliphatic carbocycles. The summed E-state index contributed by atoms with van der Waals surface area (Å²) in [5.41, 5.74) is 0.897. The molecule has 4 unspecified atom stereocenters. The quantitative estimate of drug-likeness (QED) is 0.365. The molecule has 3 rings (SSSR count). The average Bonchev–Trinajstić information content (AvgIpc) is 3.08. The number of ether oxygens (including phenoxy) is 1. The van der Waals surface area contributed by atoms with Gasteiger partial charge in [0.25, 0.3) is 5.91 Å². The lowest BCUT2D eigenvalue weighted by Crippen LogP contribution is -2.54. The van der Waals surface area contributed by atoms with Crippen molar-refractivity contribution in [3.8, 4) is 0 Å². The molecule has 1 aromatic heterocycles. The molecule has 4 atom stereocenters. The van der Waals surface area contributed by atoms with Gasteiger partial charge < -0.3 is 25.6 Å². The topological polar surface area (TPSA) is 147 Å². The van der Waals surface area contributed by atoms with Crippen LogP contribution in [0.2, 0.25) is 0 Å². The second-order valence-corrected chi connectivity index (χ2v) is 11.8. The summed E-state index contributed by atoms with van der Waals surface area (Å²) in [5, 5.41) is 9.20. The van der Waals surface area contributed by atoms with E-state index in [4.69, 9.17) is 4.74 Å². The van der Waals surface area contributed by atoms with Crippen molar-refractivity contribution in [1.82, 2.24) is 25.8 Å². The number of para-hydroxylation sites is 1. The Labute approximate surface area is 247 Å². The normalized spacial score (nSPS) is 18.8. The predicted octanol–water partition coefficient (Wildman–Crippen LogP) is 3.21. The van der Waals surface area contributed by atoms with Crippen LogP contribution in [0.3, 0.4) is 0 Å². The van der Waals surface area contributed by atoms with Crippen LogP contribution in [0.25, 0.3) is 10.9 Å². The fourth-order valence-corrected chi connectivity index (χ4v) is 5.14. The zero-order chi connectivity index (χ0) is 31.0. The number of ketones is 1. The Balaban J connectivity index is 1.70. The molecule has 0 bridgehead atoms. The van der Waals surface area contributed by atoms with Gasteiger partial charge in [0.15, 0.2) is 5.78 Å². The fourth-order valence-electron chi connectivity index (χ4n) is 5.14. The number of nitrogens with one attached hydrogen (secondary N) is 3. The summed E-state index contributed by atoms with van der Waals surface area (Å²) in [6, 6.07) is 5.57. The van der Waals surface area contributed by atoms with Crippen LogP contribution >= 0.6 is 0 Å². The van der Waals surface area contributed by atoms with Gasteiger partial charge in [-0.15, -0.1) is 0 Å². The van der Waals surface area contributed by atoms with Crippen LogP contribution in [-0.2, 0) is 19.1 Å². The molecule has 3 N–H and O–H groups in total. The van der Waals surface area contributed by atoms with E-state index >= 15 is 0 Å². The molecular weight excluding hydrogens is 538 g/mol. The third-order valence-corrected chi connectivity index (χ3v) is 7.39. The molecule has 2 aromatic rings. The summed E-state index contributed by atoms with van der Waals surface area (Å²) in [6.07, 6.45) is 3.16. The van der Waals surface area contributed by atoms with E-state index in [0.717, 1.165) is 5.39 Å². The number of benzene rings is 1. The highest BCUT2D eigenvalue weighted by Gasteiger charge is 2.35. The molecule has 0 radical (unpaired) electrons. The van der Waals surface area contributed by atoms with Gasteiger partial charge in [-0.1, -0.05) is 45.9 Å². The average molecular weight is 582 g/mol. The molecule has 1 aliphatic rings. The number of carbonyl (C=O) groups is 5. The van der Waals surface area contributed by atoms with Crippen molar-refractivity contribution < 1.29 is 28.7 Å². The number of rotatable bonds is 10. The molecule has 1 fully saturated rings.